The van der Waals surface area contributed by atoms with Crippen LogP contribution in [0, 0.1) is 0 Å². The van der Waals surface area contributed by atoms with Crippen molar-refractivity contribution in [3.8, 4) is 0 Å². The van der Waals surface area contributed by atoms with Gasteiger partial charge in [-0.2, -0.15) is 0 Å². The number of carbonyl (C=O) groups excluding carboxylic acids is 1. The zero-order valence-electron chi connectivity index (χ0n) is 31.1. The van der Waals surface area contributed by atoms with Crippen molar-refractivity contribution in [3.63, 3.8) is 0 Å². The standard InChI is InChI=1S/C37H66O14/c1-2-3-4-8-11-39-12-13-40-14-15-41-16-17-42-18-19-43-20-21-44-22-23-45-24-25-46-26-27-47-28-29-48-30-31-49-32-33-50-34-35-51-37(38)36-9-6-5-7-10-36/h5-7,9-10H,2-4,8,11-35H2,1H3. The third-order valence-corrected chi connectivity index (χ3v) is 6.70. The Labute approximate surface area is 305 Å². The highest BCUT2D eigenvalue weighted by atomic mass is 16.6. The number of benzene rings is 1. The van der Waals surface area contributed by atoms with Crippen LogP contribution in [0.3, 0.4) is 0 Å². The maximum Gasteiger partial charge on any atom is 0.338 e. The number of carbonyl (C=O) groups is 1. The van der Waals surface area contributed by atoms with E-state index in [2.05, 4.69) is 6.92 Å². The number of rotatable bonds is 42. The van der Waals surface area contributed by atoms with Crippen LogP contribution in [0.1, 0.15) is 43.0 Å². The largest absolute Gasteiger partial charge is 0.460 e. The number of hydrogen-bond donors (Lipinski definition) is 0. The van der Waals surface area contributed by atoms with Crippen LogP contribution in [-0.2, 0) is 61.6 Å². The molecule has 0 aliphatic heterocycles. The first-order valence-electron chi connectivity index (χ1n) is 18.5. The molecule has 0 spiro atoms. The second kappa shape index (κ2) is 41.0. The summed E-state index contributed by atoms with van der Waals surface area (Å²) in [5, 5.41) is 0. The Morgan fingerprint density at radius 1 is 0.353 bits per heavy atom. The first kappa shape index (κ1) is 47.2. The van der Waals surface area contributed by atoms with Gasteiger partial charge in [0.05, 0.1) is 158 Å². The zero-order chi connectivity index (χ0) is 36.4. The van der Waals surface area contributed by atoms with Gasteiger partial charge in [-0.25, -0.2) is 4.79 Å². The van der Waals surface area contributed by atoms with Crippen molar-refractivity contribution in [3.05, 3.63) is 35.9 Å². The van der Waals surface area contributed by atoms with E-state index in [-0.39, 0.29) is 12.6 Å². The molecule has 0 aromatic heterocycles. The van der Waals surface area contributed by atoms with Crippen LogP contribution >= 0.6 is 0 Å². The molecule has 0 heterocycles. The maximum absolute atomic E-state index is 11.8. The maximum atomic E-state index is 11.8. The van der Waals surface area contributed by atoms with E-state index in [0.717, 1.165) is 13.0 Å². The lowest BCUT2D eigenvalue weighted by atomic mass is 10.2. The fourth-order valence-corrected chi connectivity index (χ4v) is 4.00. The average Bonchev–Trinajstić information content (AvgIpc) is 3.15. The Kier molecular flexibility index (Phi) is 37.9. The Morgan fingerprint density at radius 2 is 0.627 bits per heavy atom. The summed E-state index contributed by atoms with van der Waals surface area (Å²) in [7, 11) is 0. The SMILES string of the molecule is CCCCCCOCCOCCOCCOCCOCCOCCOCCOCCOCCOCCOCCOCCOC(=O)c1ccccc1. The van der Waals surface area contributed by atoms with E-state index in [1.807, 2.05) is 6.07 Å². The first-order chi connectivity index (χ1) is 25.3. The van der Waals surface area contributed by atoms with Crippen molar-refractivity contribution in [1.82, 2.24) is 0 Å². The van der Waals surface area contributed by atoms with Gasteiger partial charge >= 0.3 is 5.97 Å². The van der Waals surface area contributed by atoms with Gasteiger partial charge in [0.15, 0.2) is 0 Å². The van der Waals surface area contributed by atoms with Gasteiger partial charge in [-0.05, 0) is 18.6 Å². The van der Waals surface area contributed by atoms with Gasteiger partial charge in [0.2, 0.25) is 0 Å². The van der Waals surface area contributed by atoms with Crippen LogP contribution in [0.4, 0.5) is 0 Å². The van der Waals surface area contributed by atoms with Crippen molar-refractivity contribution in [2.75, 3.05) is 165 Å². The molecule has 298 valence electrons. The molecule has 0 amide bonds. The van der Waals surface area contributed by atoms with Crippen LogP contribution < -0.4 is 0 Å². The van der Waals surface area contributed by atoms with E-state index >= 15 is 0 Å². The summed E-state index contributed by atoms with van der Waals surface area (Å²) < 4.78 is 70.9. The van der Waals surface area contributed by atoms with Crippen LogP contribution in [0.25, 0.3) is 0 Å². The lowest BCUT2D eigenvalue weighted by molar-refractivity contribution is -0.0288. The molecular formula is C37H66O14. The molecule has 1 aromatic rings. The van der Waals surface area contributed by atoms with Gasteiger partial charge in [-0.15, -0.1) is 0 Å². The smallest absolute Gasteiger partial charge is 0.338 e. The van der Waals surface area contributed by atoms with Crippen molar-refractivity contribution in [2.24, 2.45) is 0 Å². The molecule has 1 rings (SSSR count). The third-order valence-electron chi connectivity index (χ3n) is 6.70. The molecule has 0 unspecified atom stereocenters. The molecular weight excluding hydrogens is 668 g/mol. The van der Waals surface area contributed by atoms with E-state index < -0.39 is 0 Å². The number of unbranched alkanes of at least 4 members (excludes halogenated alkanes) is 3. The highest BCUT2D eigenvalue weighted by Gasteiger charge is 2.05. The van der Waals surface area contributed by atoms with Crippen LogP contribution in [0.15, 0.2) is 30.3 Å². The number of hydrogen-bond acceptors (Lipinski definition) is 14. The Bertz CT molecular complexity index is 820. The molecule has 0 N–H and O–H groups in total. The molecule has 0 fully saturated rings. The highest BCUT2D eigenvalue weighted by Crippen LogP contribution is 2.01. The molecule has 0 saturated carbocycles. The van der Waals surface area contributed by atoms with Crippen LogP contribution in [0.5, 0.6) is 0 Å². The minimum atomic E-state index is -0.356. The molecule has 51 heavy (non-hydrogen) atoms. The van der Waals surface area contributed by atoms with E-state index in [4.69, 9.17) is 61.6 Å². The molecule has 0 atom stereocenters. The van der Waals surface area contributed by atoms with Gasteiger partial charge in [0, 0.05) is 6.61 Å². The number of ether oxygens (including phenoxy) is 13. The first-order valence-corrected chi connectivity index (χ1v) is 18.5. The summed E-state index contributed by atoms with van der Waals surface area (Å²) in [5.74, 6) is -0.356. The van der Waals surface area contributed by atoms with Gasteiger partial charge in [-0.3, -0.25) is 0 Å². The van der Waals surface area contributed by atoms with Crippen molar-refractivity contribution in [1.29, 1.82) is 0 Å². The quantitative estimate of drug-likeness (QED) is 0.0714. The summed E-state index contributed by atoms with van der Waals surface area (Å²) in [6, 6.07) is 8.86. The molecule has 0 aliphatic carbocycles. The summed E-state index contributed by atoms with van der Waals surface area (Å²) in [4.78, 5) is 11.8. The zero-order valence-corrected chi connectivity index (χ0v) is 31.1. The van der Waals surface area contributed by atoms with Gasteiger partial charge in [0.1, 0.15) is 6.61 Å². The number of esters is 1. The summed E-state index contributed by atoms with van der Waals surface area (Å²) in [5.41, 5.74) is 0.525. The van der Waals surface area contributed by atoms with E-state index in [0.29, 0.717) is 158 Å². The molecule has 14 nitrogen and oxygen atoms in total. The molecule has 1 aromatic carbocycles. The minimum absolute atomic E-state index is 0.201. The van der Waals surface area contributed by atoms with Crippen molar-refractivity contribution < 1.29 is 66.4 Å². The third kappa shape index (κ3) is 36.4. The van der Waals surface area contributed by atoms with Crippen molar-refractivity contribution in [2.45, 2.75) is 32.6 Å². The lowest BCUT2D eigenvalue weighted by Crippen LogP contribution is -2.15. The predicted octanol–water partition coefficient (Wildman–Crippen LogP) is 3.62. The molecule has 0 bridgehead atoms. The Hall–Kier alpha value is -1.79. The van der Waals surface area contributed by atoms with Crippen LogP contribution in [0.2, 0.25) is 0 Å². The Balaban J connectivity index is 1.62. The lowest BCUT2D eigenvalue weighted by Gasteiger charge is -2.09. The van der Waals surface area contributed by atoms with E-state index in [1.165, 1.54) is 19.3 Å². The fourth-order valence-electron chi connectivity index (χ4n) is 4.00. The highest BCUT2D eigenvalue weighted by molar-refractivity contribution is 5.89. The summed E-state index contributed by atoms with van der Waals surface area (Å²) >= 11 is 0. The fraction of sp³-hybridized carbons (Fsp3) is 0.811. The van der Waals surface area contributed by atoms with E-state index in [9.17, 15) is 4.79 Å². The average molecular weight is 735 g/mol. The minimum Gasteiger partial charge on any atom is -0.460 e. The summed E-state index contributed by atoms with van der Waals surface area (Å²) in [6.45, 7) is 14.8. The van der Waals surface area contributed by atoms with Gasteiger partial charge in [-0.1, -0.05) is 44.4 Å². The summed E-state index contributed by atoms with van der Waals surface area (Å²) in [6.07, 6.45) is 4.88. The second-order valence-electron chi connectivity index (χ2n) is 10.9. The topological polar surface area (TPSA) is 137 Å². The molecule has 0 aliphatic rings. The van der Waals surface area contributed by atoms with Gasteiger partial charge < -0.3 is 61.6 Å². The van der Waals surface area contributed by atoms with Crippen molar-refractivity contribution >= 4 is 5.97 Å². The molecule has 14 heteroatoms. The van der Waals surface area contributed by atoms with Gasteiger partial charge in [0.25, 0.3) is 0 Å². The van der Waals surface area contributed by atoms with E-state index in [1.54, 1.807) is 24.3 Å². The second-order valence-corrected chi connectivity index (χ2v) is 10.9. The Morgan fingerprint density at radius 3 is 0.922 bits per heavy atom. The molecule has 0 saturated heterocycles. The molecule has 0 radical (unpaired) electrons. The normalized spacial score (nSPS) is 11.4. The van der Waals surface area contributed by atoms with Crippen LogP contribution in [-0.4, -0.2) is 171 Å². The predicted molar refractivity (Wildman–Crippen MR) is 191 cm³/mol. The monoisotopic (exact) mass is 734 g/mol.